The number of nitrogens with zero attached hydrogens (tertiary/aromatic N) is 7. The van der Waals surface area contributed by atoms with Crippen LogP contribution in [-0.4, -0.2) is 54.6 Å². The zero-order valence-electron chi connectivity index (χ0n) is 19.9. The van der Waals surface area contributed by atoms with E-state index in [-0.39, 0.29) is 22.9 Å². The molecule has 0 radical (unpaired) electrons. The van der Waals surface area contributed by atoms with Crippen molar-refractivity contribution in [2.45, 2.75) is 6.92 Å². The largest absolute Gasteiger partial charge is 0.493 e. The summed E-state index contributed by atoms with van der Waals surface area (Å²) in [5.41, 5.74) is 1.29. The van der Waals surface area contributed by atoms with Crippen molar-refractivity contribution >= 4 is 28.4 Å². The van der Waals surface area contributed by atoms with E-state index in [4.69, 9.17) is 9.47 Å². The molecule has 5 aromatic rings. The van der Waals surface area contributed by atoms with Gasteiger partial charge in [0.15, 0.2) is 23.0 Å². The number of benzene rings is 2. The van der Waals surface area contributed by atoms with Crippen LogP contribution < -0.4 is 14.8 Å². The molecule has 0 spiro atoms. The lowest BCUT2D eigenvalue weighted by Gasteiger charge is -2.12. The van der Waals surface area contributed by atoms with Gasteiger partial charge < -0.3 is 14.8 Å². The Bertz CT molecular complexity index is 1640. The fourth-order valence-electron chi connectivity index (χ4n) is 3.89. The molecule has 5 rings (SSSR count). The summed E-state index contributed by atoms with van der Waals surface area (Å²) in [7, 11) is 2.73. The van der Waals surface area contributed by atoms with E-state index in [0.29, 0.717) is 22.5 Å². The summed E-state index contributed by atoms with van der Waals surface area (Å²) in [6.45, 7) is 1.75. The van der Waals surface area contributed by atoms with Gasteiger partial charge in [-0.15, -0.1) is 0 Å². The maximum Gasteiger partial charge on any atom is 0.286 e. The summed E-state index contributed by atoms with van der Waals surface area (Å²) in [5, 5.41) is 23.9. The molecule has 0 aliphatic heterocycles. The number of carbonyl (C=O) groups excluding carboxylic acids is 1. The van der Waals surface area contributed by atoms with E-state index in [2.05, 4.69) is 25.5 Å². The van der Waals surface area contributed by atoms with Gasteiger partial charge in [0.25, 0.3) is 11.6 Å². The van der Waals surface area contributed by atoms with E-state index in [0.717, 1.165) is 11.8 Å². The number of ether oxygens (including phenoxy) is 2. The SMILES string of the molecule is COc1cc(C(=O)Nc2cc(C)nn2-c2ncnc3c2cnn3-c2ccccc2)c([N+](=O)[O-])cc1OC. The lowest BCUT2D eigenvalue weighted by Crippen LogP contribution is -2.17. The molecule has 13 nitrogen and oxygen atoms in total. The Kier molecular flexibility index (Phi) is 5.93. The molecule has 0 unspecified atom stereocenters. The van der Waals surface area contributed by atoms with Crippen LogP contribution in [-0.2, 0) is 0 Å². The Morgan fingerprint density at radius 2 is 1.76 bits per heavy atom. The van der Waals surface area contributed by atoms with Crippen LogP contribution in [0.15, 0.2) is 61.1 Å². The first-order valence-electron chi connectivity index (χ1n) is 10.9. The highest BCUT2D eigenvalue weighted by Crippen LogP contribution is 2.35. The number of aromatic nitrogens is 6. The molecule has 3 heterocycles. The number of nitrogens with one attached hydrogen (secondary N) is 1. The average Bonchev–Trinajstić information content (AvgIpc) is 3.51. The Hall–Kier alpha value is -5.33. The second-order valence-electron chi connectivity index (χ2n) is 7.84. The maximum atomic E-state index is 13.3. The quantitative estimate of drug-likeness (QED) is 0.261. The van der Waals surface area contributed by atoms with Gasteiger partial charge in [0.1, 0.15) is 17.7 Å². The third-order valence-corrected chi connectivity index (χ3v) is 5.56. The number of nitro benzene ring substituents is 1. The van der Waals surface area contributed by atoms with Gasteiger partial charge in [-0.05, 0) is 19.1 Å². The molecule has 1 amide bonds. The summed E-state index contributed by atoms with van der Waals surface area (Å²) < 4.78 is 13.5. The van der Waals surface area contributed by atoms with Gasteiger partial charge in [-0.25, -0.2) is 14.6 Å². The molecule has 0 saturated carbocycles. The minimum atomic E-state index is -0.737. The molecule has 0 saturated heterocycles. The zero-order valence-corrected chi connectivity index (χ0v) is 19.9. The third kappa shape index (κ3) is 4.18. The molecular weight excluding hydrogens is 480 g/mol. The highest BCUT2D eigenvalue weighted by Gasteiger charge is 2.26. The van der Waals surface area contributed by atoms with E-state index in [9.17, 15) is 14.9 Å². The first kappa shape index (κ1) is 23.4. The van der Waals surface area contributed by atoms with Crippen molar-refractivity contribution in [3.05, 3.63) is 82.4 Å². The number of carbonyl (C=O) groups is 1. The number of para-hydroxylation sites is 1. The lowest BCUT2D eigenvalue weighted by molar-refractivity contribution is -0.385. The molecule has 0 aliphatic carbocycles. The van der Waals surface area contributed by atoms with Crippen molar-refractivity contribution in [2.75, 3.05) is 19.5 Å². The fraction of sp³-hybridized carbons (Fsp3) is 0.125. The lowest BCUT2D eigenvalue weighted by atomic mass is 10.1. The number of hydrogen-bond acceptors (Lipinski definition) is 9. The second-order valence-corrected chi connectivity index (χ2v) is 7.84. The summed E-state index contributed by atoms with van der Waals surface area (Å²) >= 11 is 0. The Morgan fingerprint density at radius 3 is 2.46 bits per heavy atom. The number of aryl methyl sites for hydroxylation is 1. The van der Waals surface area contributed by atoms with Crippen LogP contribution in [0.5, 0.6) is 11.5 Å². The molecule has 186 valence electrons. The molecule has 3 aromatic heterocycles. The standard InChI is InChI=1S/C24H20N8O5/c1-14-9-21(28-24(33)16-10-19(36-2)20(37-3)11-18(16)32(34)35)31(29-14)23-17-12-27-30(22(17)25-13-26-23)15-7-5-4-6-8-15/h4-13H,1-3H3,(H,28,33). The van der Waals surface area contributed by atoms with Crippen LogP contribution in [0, 0.1) is 17.0 Å². The van der Waals surface area contributed by atoms with Gasteiger partial charge in [0.2, 0.25) is 0 Å². The van der Waals surface area contributed by atoms with Gasteiger partial charge in [-0.1, -0.05) is 18.2 Å². The molecular formula is C24H20N8O5. The van der Waals surface area contributed by atoms with Crippen LogP contribution >= 0.6 is 0 Å². The minimum Gasteiger partial charge on any atom is -0.493 e. The van der Waals surface area contributed by atoms with Gasteiger partial charge in [-0.3, -0.25) is 14.9 Å². The number of anilines is 1. The molecule has 0 bridgehead atoms. The van der Waals surface area contributed by atoms with Gasteiger partial charge in [0.05, 0.1) is 48.2 Å². The Morgan fingerprint density at radius 1 is 1.03 bits per heavy atom. The third-order valence-electron chi connectivity index (χ3n) is 5.56. The van der Waals surface area contributed by atoms with E-state index in [1.165, 1.54) is 31.3 Å². The smallest absolute Gasteiger partial charge is 0.286 e. The molecule has 0 atom stereocenters. The number of nitro groups is 1. The summed E-state index contributed by atoms with van der Waals surface area (Å²) in [6.07, 6.45) is 2.99. The fourth-order valence-corrected chi connectivity index (χ4v) is 3.89. The molecule has 0 aliphatic rings. The van der Waals surface area contributed by atoms with Crippen LogP contribution in [0.3, 0.4) is 0 Å². The number of rotatable bonds is 7. The van der Waals surface area contributed by atoms with E-state index >= 15 is 0 Å². The molecule has 2 aromatic carbocycles. The monoisotopic (exact) mass is 500 g/mol. The van der Waals surface area contributed by atoms with E-state index < -0.39 is 16.5 Å². The summed E-state index contributed by atoms with van der Waals surface area (Å²) in [6, 6.07) is 13.5. The van der Waals surface area contributed by atoms with Crippen LogP contribution in [0.4, 0.5) is 11.5 Å². The molecule has 13 heteroatoms. The predicted molar refractivity (Wildman–Crippen MR) is 133 cm³/mol. The van der Waals surface area contributed by atoms with E-state index in [1.807, 2.05) is 30.3 Å². The highest BCUT2D eigenvalue weighted by molar-refractivity contribution is 6.07. The number of fused-ring (bicyclic) bond motifs is 1. The van der Waals surface area contributed by atoms with Gasteiger partial charge in [0, 0.05) is 12.1 Å². The number of amides is 1. The number of methoxy groups -OCH3 is 2. The van der Waals surface area contributed by atoms with Crippen LogP contribution in [0.25, 0.3) is 22.5 Å². The van der Waals surface area contributed by atoms with Gasteiger partial charge >= 0.3 is 0 Å². The number of hydrogen-bond donors (Lipinski definition) is 1. The highest BCUT2D eigenvalue weighted by atomic mass is 16.6. The van der Waals surface area contributed by atoms with Crippen molar-refractivity contribution in [2.24, 2.45) is 0 Å². The second kappa shape index (κ2) is 9.37. The Labute approximate surface area is 209 Å². The average molecular weight is 500 g/mol. The summed E-state index contributed by atoms with van der Waals surface area (Å²) in [4.78, 5) is 33.0. The normalized spacial score (nSPS) is 10.9. The molecule has 1 N–H and O–H groups in total. The van der Waals surface area contributed by atoms with Crippen LogP contribution in [0.2, 0.25) is 0 Å². The minimum absolute atomic E-state index is 0.130. The maximum absolute atomic E-state index is 13.3. The Balaban J connectivity index is 1.57. The van der Waals surface area contributed by atoms with Crippen molar-refractivity contribution < 1.29 is 19.2 Å². The topological polar surface area (TPSA) is 152 Å². The van der Waals surface area contributed by atoms with Crippen LogP contribution in [0.1, 0.15) is 16.1 Å². The van der Waals surface area contributed by atoms with Crippen molar-refractivity contribution in [1.82, 2.24) is 29.5 Å². The summed E-state index contributed by atoms with van der Waals surface area (Å²) in [5.74, 6) is 0.190. The molecule has 0 fully saturated rings. The first-order chi connectivity index (χ1) is 17.9. The predicted octanol–water partition coefficient (Wildman–Crippen LogP) is 3.49. The molecule has 37 heavy (non-hydrogen) atoms. The van der Waals surface area contributed by atoms with Crippen molar-refractivity contribution in [3.63, 3.8) is 0 Å². The first-order valence-corrected chi connectivity index (χ1v) is 10.9. The van der Waals surface area contributed by atoms with Crippen molar-refractivity contribution in [1.29, 1.82) is 0 Å². The zero-order chi connectivity index (χ0) is 26.1. The van der Waals surface area contributed by atoms with Gasteiger partial charge in [-0.2, -0.15) is 14.9 Å². The van der Waals surface area contributed by atoms with E-state index in [1.54, 1.807) is 23.9 Å². The van der Waals surface area contributed by atoms with Crippen molar-refractivity contribution in [3.8, 4) is 23.0 Å².